The molecule has 0 spiro atoms. The molecule has 0 fully saturated rings. The van der Waals surface area contributed by atoms with Gasteiger partial charge in [0.25, 0.3) is 17.7 Å². The summed E-state index contributed by atoms with van der Waals surface area (Å²) in [5.41, 5.74) is 2.48. The van der Waals surface area contributed by atoms with Crippen molar-refractivity contribution in [3.8, 4) is 5.75 Å². The summed E-state index contributed by atoms with van der Waals surface area (Å²) in [6, 6.07) is 30.1. The molecule has 0 atom stereocenters. The molecular formula is C30H22BrN3O4S. The van der Waals surface area contributed by atoms with E-state index in [-0.39, 0.29) is 16.5 Å². The zero-order chi connectivity index (χ0) is 27.4. The van der Waals surface area contributed by atoms with Crippen LogP contribution in [0, 0.1) is 0 Å². The molecule has 0 aliphatic carbocycles. The SMILES string of the molecule is COc1ccc(C(=O)Nc2ccc(SC3=C(Nc4ccc(Br)cc4)C(=O)N(c4ccccc4)C3=O)cc2)cc1. The Morgan fingerprint density at radius 2 is 1.44 bits per heavy atom. The summed E-state index contributed by atoms with van der Waals surface area (Å²) in [6.45, 7) is 0. The zero-order valence-electron chi connectivity index (χ0n) is 20.7. The quantitative estimate of drug-likeness (QED) is 0.219. The van der Waals surface area contributed by atoms with Gasteiger partial charge < -0.3 is 15.4 Å². The number of thioether (sulfide) groups is 1. The maximum atomic E-state index is 13.5. The fraction of sp³-hybridized carbons (Fsp3) is 0.0333. The molecule has 0 unspecified atom stereocenters. The van der Waals surface area contributed by atoms with Crippen molar-refractivity contribution in [3.05, 3.63) is 124 Å². The van der Waals surface area contributed by atoms with Gasteiger partial charge in [-0.3, -0.25) is 14.4 Å². The van der Waals surface area contributed by atoms with E-state index in [0.29, 0.717) is 28.4 Å². The number of nitrogens with zero attached hydrogens (tertiary/aromatic N) is 1. The summed E-state index contributed by atoms with van der Waals surface area (Å²) in [6.07, 6.45) is 0. The number of para-hydroxylation sites is 1. The topological polar surface area (TPSA) is 87.7 Å². The summed E-state index contributed by atoms with van der Waals surface area (Å²) < 4.78 is 6.03. The number of hydrogen-bond acceptors (Lipinski definition) is 6. The van der Waals surface area contributed by atoms with Crippen LogP contribution in [0.5, 0.6) is 5.75 Å². The minimum Gasteiger partial charge on any atom is -0.497 e. The summed E-state index contributed by atoms with van der Waals surface area (Å²) >= 11 is 4.60. The molecule has 9 heteroatoms. The Morgan fingerprint density at radius 1 is 0.795 bits per heavy atom. The van der Waals surface area contributed by atoms with E-state index in [4.69, 9.17) is 4.74 Å². The zero-order valence-corrected chi connectivity index (χ0v) is 23.1. The minimum atomic E-state index is -0.431. The van der Waals surface area contributed by atoms with Crippen molar-refractivity contribution in [1.29, 1.82) is 0 Å². The van der Waals surface area contributed by atoms with Gasteiger partial charge in [-0.1, -0.05) is 45.9 Å². The van der Waals surface area contributed by atoms with E-state index in [1.165, 1.54) is 16.7 Å². The van der Waals surface area contributed by atoms with Gasteiger partial charge in [0.15, 0.2) is 0 Å². The van der Waals surface area contributed by atoms with Gasteiger partial charge in [-0.15, -0.1) is 0 Å². The molecule has 194 valence electrons. The highest BCUT2D eigenvalue weighted by atomic mass is 79.9. The second-order valence-corrected chi connectivity index (χ2v) is 10.4. The smallest absolute Gasteiger partial charge is 0.283 e. The van der Waals surface area contributed by atoms with E-state index in [0.717, 1.165) is 9.37 Å². The van der Waals surface area contributed by atoms with E-state index < -0.39 is 11.8 Å². The summed E-state index contributed by atoms with van der Waals surface area (Å²) in [7, 11) is 1.57. The average molecular weight is 600 g/mol. The molecule has 0 saturated carbocycles. The number of nitrogens with one attached hydrogen (secondary N) is 2. The number of rotatable bonds is 8. The molecule has 39 heavy (non-hydrogen) atoms. The molecule has 3 amide bonds. The Bertz CT molecular complexity index is 1560. The molecule has 1 aliphatic rings. The highest BCUT2D eigenvalue weighted by Gasteiger charge is 2.40. The van der Waals surface area contributed by atoms with Crippen LogP contribution in [0.25, 0.3) is 0 Å². The standard InChI is InChI=1S/C30H22BrN3O4S/c1-38-24-15-7-19(8-16-24)28(35)33-22-13-17-25(18-14-22)39-27-26(32-21-11-9-20(31)10-12-21)29(36)34(30(27)37)23-5-3-2-4-6-23/h2-18,32H,1H3,(H,33,35). The molecule has 2 N–H and O–H groups in total. The molecule has 4 aromatic rings. The summed E-state index contributed by atoms with van der Waals surface area (Å²) in [4.78, 5) is 41.7. The fourth-order valence-electron chi connectivity index (χ4n) is 3.87. The van der Waals surface area contributed by atoms with Crippen molar-refractivity contribution < 1.29 is 19.1 Å². The predicted molar refractivity (Wildman–Crippen MR) is 157 cm³/mol. The summed E-state index contributed by atoms with van der Waals surface area (Å²) in [5, 5.41) is 6.00. The van der Waals surface area contributed by atoms with Crippen LogP contribution in [0.1, 0.15) is 10.4 Å². The second kappa shape index (κ2) is 11.6. The van der Waals surface area contributed by atoms with Gasteiger partial charge in [-0.05, 0) is 84.9 Å². The molecule has 0 aromatic heterocycles. The maximum absolute atomic E-state index is 13.5. The van der Waals surface area contributed by atoms with Crippen LogP contribution in [-0.4, -0.2) is 24.8 Å². The lowest BCUT2D eigenvalue weighted by molar-refractivity contribution is -0.120. The Labute approximate surface area is 238 Å². The van der Waals surface area contributed by atoms with E-state index in [1.807, 2.05) is 30.3 Å². The van der Waals surface area contributed by atoms with Gasteiger partial charge in [-0.2, -0.15) is 0 Å². The van der Waals surface area contributed by atoms with Crippen LogP contribution in [-0.2, 0) is 9.59 Å². The number of carbonyl (C=O) groups excluding carboxylic acids is 3. The van der Waals surface area contributed by atoms with Crippen molar-refractivity contribution in [1.82, 2.24) is 0 Å². The van der Waals surface area contributed by atoms with Crippen molar-refractivity contribution in [2.75, 3.05) is 22.6 Å². The van der Waals surface area contributed by atoms with Crippen molar-refractivity contribution >= 4 is 62.5 Å². The highest BCUT2D eigenvalue weighted by molar-refractivity contribution is 9.10. The normalized spacial score (nSPS) is 13.0. The molecule has 5 rings (SSSR count). The molecule has 7 nitrogen and oxygen atoms in total. The number of benzene rings is 4. The highest BCUT2D eigenvalue weighted by Crippen LogP contribution is 2.38. The third kappa shape index (κ3) is 5.89. The monoisotopic (exact) mass is 599 g/mol. The number of methoxy groups -OCH3 is 1. The maximum Gasteiger partial charge on any atom is 0.283 e. The van der Waals surface area contributed by atoms with Gasteiger partial charge in [0.1, 0.15) is 16.4 Å². The summed E-state index contributed by atoms with van der Waals surface area (Å²) in [5.74, 6) is -0.425. The average Bonchev–Trinajstić information content (AvgIpc) is 3.19. The van der Waals surface area contributed by atoms with E-state index >= 15 is 0 Å². The number of hydrogen-bond donors (Lipinski definition) is 2. The van der Waals surface area contributed by atoms with Crippen LogP contribution in [0.15, 0.2) is 123 Å². The van der Waals surface area contributed by atoms with E-state index in [9.17, 15) is 14.4 Å². The molecule has 0 bridgehead atoms. The van der Waals surface area contributed by atoms with Crippen LogP contribution < -0.4 is 20.3 Å². The first-order valence-corrected chi connectivity index (χ1v) is 13.5. The number of amides is 3. The van der Waals surface area contributed by atoms with Crippen LogP contribution in [0.2, 0.25) is 0 Å². The van der Waals surface area contributed by atoms with Crippen molar-refractivity contribution in [2.24, 2.45) is 0 Å². The number of imide groups is 1. The van der Waals surface area contributed by atoms with Crippen molar-refractivity contribution in [3.63, 3.8) is 0 Å². The number of anilines is 3. The number of ether oxygens (including phenoxy) is 1. The molecule has 0 saturated heterocycles. The van der Waals surface area contributed by atoms with Crippen LogP contribution in [0.4, 0.5) is 17.1 Å². The Hall–Kier alpha value is -4.34. The molecular weight excluding hydrogens is 578 g/mol. The van der Waals surface area contributed by atoms with Crippen molar-refractivity contribution in [2.45, 2.75) is 4.90 Å². The molecule has 1 heterocycles. The second-order valence-electron chi connectivity index (χ2n) is 8.43. The Balaban J connectivity index is 1.37. The molecule has 0 radical (unpaired) electrons. The lowest BCUT2D eigenvalue weighted by Gasteiger charge is -2.15. The number of carbonyl (C=O) groups is 3. The first kappa shape index (κ1) is 26.3. The Morgan fingerprint density at radius 3 is 2.08 bits per heavy atom. The minimum absolute atomic E-state index is 0.202. The predicted octanol–water partition coefficient (Wildman–Crippen LogP) is 6.70. The van der Waals surface area contributed by atoms with Gasteiger partial charge in [-0.25, -0.2) is 4.90 Å². The number of halogens is 1. The first-order chi connectivity index (χ1) is 18.9. The third-order valence-corrected chi connectivity index (χ3v) is 7.47. The van der Waals surface area contributed by atoms with Crippen LogP contribution >= 0.6 is 27.7 Å². The third-order valence-electron chi connectivity index (χ3n) is 5.85. The van der Waals surface area contributed by atoms with E-state index in [2.05, 4.69) is 26.6 Å². The molecule has 4 aromatic carbocycles. The van der Waals surface area contributed by atoms with Gasteiger partial charge in [0, 0.05) is 26.3 Å². The first-order valence-electron chi connectivity index (χ1n) is 11.9. The fourth-order valence-corrected chi connectivity index (χ4v) is 5.06. The lowest BCUT2D eigenvalue weighted by Crippen LogP contribution is -2.32. The van der Waals surface area contributed by atoms with Gasteiger partial charge in [0.2, 0.25) is 0 Å². The van der Waals surface area contributed by atoms with Crippen LogP contribution in [0.3, 0.4) is 0 Å². The van der Waals surface area contributed by atoms with Gasteiger partial charge >= 0.3 is 0 Å². The largest absolute Gasteiger partial charge is 0.497 e. The van der Waals surface area contributed by atoms with E-state index in [1.54, 1.807) is 79.9 Å². The lowest BCUT2D eigenvalue weighted by atomic mass is 10.2. The molecule has 1 aliphatic heterocycles. The Kier molecular flexibility index (Phi) is 7.81. The van der Waals surface area contributed by atoms with Gasteiger partial charge in [0.05, 0.1) is 12.8 Å².